The molecule has 2 aliphatic rings. The lowest BCUT2D eigenvalue weighted by Crippen LogP contribution is -2.35. The summed E-state index contributed by atoms with van der Waals surface area (Å²) in [4.78, 5) is 8.73. The van der Waals surface area contributed by atoms with Crippen LogP contribution in [0.25, 0.3) is 22.2 Å². The van der Waals surface area contributed by atoms with E-state index in [1.807, 2.05) is 17.8 Å². The van der Waals surface area contributed by atoms with Gasteiger partial charge in [-0.05, 0) is 37.1 Å². The number of fused-ring (bicyclic) bond motifs is 4. The molecule has 1 saturated heterocycles. The van der Waals surface area contributed by atoms with Crippen molar-refractivity contribution in [2.45, 2.75) is 31.0 Å². The Morgan fingerprint density at radius 2 is 1.97 bits per heavy atom. The van der Waals surface area contributed by atoms with E-state index in [0.29, 0.717) is 12.3 Å². The van der Waals surface area contributed by atoms with Crippen molar-refractivity contribution in [3.8, 4) is 22.8 Å². The Labute approximate surface area is 181 Å². The largest absolute Gasteiger partial charge is 0.504 e. The minimum Gasteiger partial charge on any atom is -0.504 e. The summed E-state index contributed by atoms with van der Waals surface area (Å²) in [6.45, 7) is 8.13. The van der Waals surface area contributed by atoms with Gasteiger partial charge in [-0.1, -0.05) is 11.6 Å². The third-order valence-electron chi connectivity index (χ3n) is 5.99. The molecule has 30 heavy (non-hydrogen) atoms. The van der Waals surface area contributed by atoms with Gasteiger partial charge >= 0.3 is 0 Å². The number of rotatable bonds is 3. The van der Waals surface area contributed by atoms with Crippen molar-refractivity contribution in [3.05, 3.63) is 46.5 Å². The SMILES string of the molecule is COc1cc2nc3c(cc2c(CN2CCOCC2)c1O)CSc1c(C)cc(C)cc1-3. The van der Waals surface area contributed by atoms with Crippen molar-refractivity contribution in [1.82, 2.24) is 9.88 Å². The molecule has 6 heteroatoms. The summed E-state index contributed by atoms with van der Waals surface area (Å²) in [7, 11) is 1.59. The van der Waals surface area contributed by atoms with Crippen LogP contribution in [-0.2, 0) is 17.0 Å². The Balaban J connectivity index is 1.69. The zero-order chi connectivity index (χ0) is 20.8. The van der Waals surface area contributed by atoms with E-state index in [2.05, 4.69) is 36.9 Å². The number of morpholine rings is 1. The van der Waals surface area contributed by atoms with Crippen LogP contribution >= 0.6 is 11.8 Å². The minimum atomic E-state index is 0.216. The Morgan fingerprint density at radius 1 is 1.17 bits per heavy atom. The molecule has 2 aromatic carbocycles. The molecule has 3 heterocycles. The third-order valence-corrected chi connectivity index (χ3v) is 7.28. The summed E-state index contributed by atoms with van der Waals surface area (Å²) in [5.41, 5.74) is 7.78. The number of aromatic nitrogens is 1. The number of thioether (sulfide) groups is 1. The quantitative estimate of drug-likeness (QED) is 0.662. The summed E-state index contributed by atoms with van der Waals surface area (Å²) in [6, 6.07) is 8.55. The van der Waals surface area contributed by atoms with Crippen LogP contribution in [0.2, 0.25) is 0 Å². The summed E-state index contributed by atoms with van der Waals surface area (Å²) in [6.07, 6.45) is 0. The third kappa shape index (κ3) is 3.33. The Bertz CT molecular complexity index is 1140. The molecule has 0 amide bonds. The van der Waals surface area contributed by atoms with Gasteiger partial charge < -0.3 is 14.6 Å². The lowest BCUT2D eigenvalue weighted by Gasteiger charge is -2.28. The number of phenols is 1. The van der Waals surface area contributed by atoms with Crippen LogP contribution in [0.4, 0.5) is 0 Å². The van der Waals surface area contributed by atoms with Gasteiger partial charge in [0, 0.05) is 52.9 Å². The molecule has 0 saturated carbocycles. The van der Waals surface area contributed by atoms with Crippen molar-refractivity contribution < 1.29 is 14.6 Å². The fourth-order valence-electron chi connectivity index (χ4n) is 4.50. The summed E-state index contributed by atoms with van der Waals surface area (Å²) in [5.74, 6) is 1.58. The number of aromatic hydroxyl groups is 1. The highest BCUT2D eigenvalue weighted by Crippen LogP contribution is 2.45. The van der Waals surface area contributed by atoms with E-state index in [9.17, 15) is 5.11 Å². The first kappa shape index (κ1) is 19.7. The fraction of sp³-hybridized carbons (Fsp3) is 0.375. The molecule has 0 aliphatic carbocycles. The number of benzene rings is 2. The number of aryl methyl sites for hydroxylation is 2. The highest BCUT2D eigenvalue weighted by atomic mass is 32.2. The van der Waals surface area contributed by atoms with Crippen LogP contribution in [-0.4, -0.2) is 48.4 Å². The minimum absolute atomic E-state index is 0.216. The van der Waals surface area contributed by atoms with Crippen molar-refractivity contribution >= 4 is 22.7 Å². The van der Waals surface area contributed by atoms with E-state index in [0.717, 1.165) is 54.2 Å². The molecule has 0 atom stereocenters. The van der Waals surface area contributed by atoms with Crippen molar-refractivity contribution in [3.63, 3.8) is 0 Å². The van der Waals surface area contributed by atoms with Crippen LogP contribution in [0.1, 0.15) is 22.3 Å². The second-order valence-corrected chi connectivity index (χ2v) is 9.09. The standard InChI is InChI=1S/C24H26N2O3S/c1-14-8-15(2)24-18(9-14)22-16(13-30-24)10-17-19(12-26-4-6-29-7-5-26)23(27)21(28-3)11-20(17)25-22/h8-11,27H,4-7,12-13H2,1-3H3. The summed E-state index contributed by atoms with van der Waals surface area (Å²) >= 11 is 1.87. The average molecular weight is 423 g/mol. The van der Waals surface area contributed by atoms with E-state index < -0.39 is 0 Å². The molecule has 3 aromatic rings. The first-order valence-electron chi connectivity index (χ1n) is 10.3. The number of nitrogens with zero attached hydrogens (tertiary/aromatic N) is 2. The molecule has 5 nitrogen and oxygen atoms in total. The number of hydrogen-bond acceptors (Lipinski definition) is 6. The van der Waals surface area contributed by atoms with E-state index in [1.165, 1.54) is 27.1 Å². The second kappa shape index (κ2) is 7.76. The van der Waals surface area contributed by atoms with E-state index in [4.69, 9.17) is 14.5 Å². The van der Waals surface area contributed by atoms with Crippen molar-refractivity contribution in [1.29, 1.82) is 0 Å². The number of phenolic OH excluding ortho intramolecular Hbond substituents is 1. The number of hydrogen-bond donors (Lipinski definition) is 1. The topological polar surface area (TPSA) is 54.8 Å². The molecule has 156 valence electrons. The van der Waals surface area contributed by atoms with Crippen molar-refractivity contribution in [2.24, 2.45) is 0 Å². The molecule has 2 aliphatic heterocycles. The van der Waals surface area contributed by atoms with E-state index >= 15 is 0 Å². The number of pyridine rings is 1. The van der Waals surface area contributed by atoms with Crippen LogP contribution in [0.3, 0.4) is 0 Å². The van der Waals surface area contributed by atoms with Gasteiger partial charge in [-0.25, -0.2) is 4.98 Å². The molecule has 0 unspecified atom stereocenters. The second-order valence-electron chi connectivity index (χ2n) is 8.10. The molecule has 1 aromatic heterocycles. The van der Waals surface area contributed by atoms with Gasteiger partial charge in [-0.2, -0.15) is 0 Å². The van der Waals surface area contributed by atoms with Gasteiger partial charge in [0.2, 0.25) is 0 Å². The van der Waals surface area contributed by atoms with Gasteiger partial charge in [0.25, 0.3) is 0 Å². The monoisotopic (exact) mass is 422 g/mol. The zero-order valence-corrected chi connectivity index (χ0v) is 18.4. The smallest absolute Gasteiger partial charge is 0.163 e. The predicted molar refractivity (Wildman–Crippen MR) is 121 cm³/mol. The maximum atomic E-state index is 10.9. The van der Waals surface area contributed by atoms with Gasteiger partial charge in [-0.3, -0.25) is 4.90 Å². The van der Waals surface area contributed by atoms with Crippen LogP contribution in [0, 0.1) is 13.8 Å². The summed E-state index contributed by atoms with van der Waals surface area (Å²) in [5, 5.41) is 11.9. The van der Waals surface area contributed by atoms with Gasteiger partial charge in [0.15, 0.2) is 11.5 Å². The molecular formula is C24H26N2O3S. The Hall–Kier alpha value is -2.28. The first-order valence-corrected chi connectivity index (χ1v) is 11.3. The highest BCUT2D eigenvalue weighted by Gasteiger charge is 2.24. The maximum absolute atomic E-state index is 10.9. The van der Waals surface area contributed by atoms with Crippen LogP contribution < -0.4 is 4.74 Å². The average Bonchev–Trinajstić information content (AvgIpc) is 2.75. The molecule has 1 fully saturated rings. The van der Waals surface area contributed by atoms with E-state index in [1.54, 1.807) is 7.11 Å². The number of methoxy groups -OCH3 is 1. The van der Waals surface area contributed by atoms with Crippen LogP contribution in [0.5, 0.6) is 11.5 Å². The molecule has 0 radical (unpaired) electrons. The van der Waals surface area contributed by atoms with Crippen LogP contribution in [0.15, 0.2) is 29.2 Å². The fourth-order valence-corrected chi connectivity index (χ4v) is 5.62. The first-order chi connectivity index (χ1) is 14.5. The Kier molecular flexibility index (Phi) is 5.09. The van der Waals surface area contributed by atoms with Crippen molar-refractivity contribution in [2.75, 3.05) is 33.4 Å². The zero-order valence-electron chi connectivity index (χ0n) is 17.6. The predicted octanol–water partition coefficient (Wildman–Crippen LogP) is 4.67. The van der Waals surface area contributed by atoms with Gasteiger partial charge in [0.05, 0.1) is 31.5 Å². The summed E-state index contributed by atoms with van der Waals surface area (Å²) < 4.78 is 11.0. The Morgan fingerprint density at radius 3 is 2.73 bits per heavy atom. The lowest BCUT2D eigenvalue weighted by atomic mass is 9.97. The number of ether oxygens (including phenoxy) is 2. The normalized spacial score (nSPS) is 16.4. The lowest BCUT2D eigenvalue weighted by molar-refractivity contribution is 0.0340. The maximum Gasteiger partial charge on any atom is 0.163 e. The molecule has 1 N–H and O–H groups in total. The van der Waals surface area contributed by atoms with Gasteiger partial charge in [-0.15, -0.1) is 11.8 Å². The molecule has 5 rings (SSSR count). The van der Waals surface area contributed by atoms with Gasteiger partial charge in [0.1, 0.15) is 0 Å². The van der Waals surface area contributed by atoms with E-state index in [-0.39, 0.29) is 5.75 Å². The molecule has 0 bridgehead atoms. The highest BCUT2D eigenvalue weighted by molar-refractivity contribution is 7.98. The molecule has 0 spiro atoms. The molecular weight excluding hydrogens is 396 g/mol.